The standard InChI is InChI=1S/C25H32ClN5O2/c1-2-3-5-18-8-10-20(11-9-18)24(32)27-12-13-31-23-22(15-29-31)25(33)30(17-28-23)16-19-6-4-7-21(26)14-19/h4,6-7,14-15,17-18,20H,2-3,5,8-13,16H2,1H3,(H,27,32). The summed E-state index contributed by atoms with van der Waals surface area (Å²) in [6, 6.07) is 7.42. The van der Waals surface area contributed by atoms with Gasteiger partial charge in [0.1, 0.15) is 11.7 Å². The molecule has 1 aliphatic carbocycles. The molecule has 33 heavy (non-hydrogen) atoms. The van der Waals surface area contributed by atoms with E-state index in [-0.39, 0.29) is 17.4 Å². The zero-order valence-corrected chi connectivity index (χ0v) is 19.9. The predicted molar refractivity (Wildman–Crippen MR) is 130 cm³/mol. The molecule has 1 N–H and O–H groups in total. The lowest BCUT2D eigenvalue weighted by Crippen LogP contribution is -2.35. The number of carbonyl (C=O) groups is 1. The fourth-order valence-corrected chi connectivity index (χ4v) is 4.95. The average molecular weight is 470 g/mol. The number of aromatic nitrogens is 4. The van der Waals surface area contributed by atoms with Crippen LogP contribution < -0.4 is 10.9 Å². The first kappa shape index (κ1) is 23.5. The van der Waals surface area contributed by atoms with E-state index in [1.165, 1.54) is 19.3 Å². The molecule has 0 saturated heterocycles. The van der Waals surface area contributed by atoms with E-state index in [2.05, 4.69) is 22.3 Å². The summed E-state index contributed by atoms with van der Waals surface area (Å²) in [4.78, 5) is 29.9. The largest absolute Gasteiger partial charge is 0.354 e. The molecule has 1 aliphatic rings. The van der Waals surface area contributed by atoms with Crippen LogP contribution >= 0.6 is 11.6 Å². The van der Waals surface area contributed by atoms with Crippen molar-refractivity contribution in [3.63, 3.8) is 0 Å². The Morgan fingerprint density at radius 2 is 2.06 bits per heavy atom. The maximum absolute atomic E-state index is 12.9. The fraction of sp³-hybridized carbons (Fsp3) is 0.520. The van der Waals surface area contributed by atoms with E-state index < -0.39 is 0 Å². The first-order valence-corrected chi connectivity index (χ1v) is 12.4. The van der Waals surface area contributed by atoms with Gasteiger partial charge in [0.05, 0.1) is 19.3 Å². The van der Waals surface area contributed by atoms with Crippen LogP contribution in [0.15, 0.2) is 41.6 Å². The molecule has 4 rings (SSSR count). The molecule has 0 unspecified atom stereocenters. The van der Waals surface area contributed by atoms with Crippen molar-refractivity contribution in [3.05, 3.63) is 57.7 Å². The van der Waals surface area contributed by atoms with Gasteiger partial charge in [-0.1, -0.05) is 49.9 Å². The minimum atomic E-state index is -0.143. The van der Waals surface area contributed by atoms with Crippen LogP contribution in [0, 0.1) is 11.8 Å². The van der Waals surface area contributed by atoms with Gasteiger partial charge in [-0.05, 0) is 49.3 Å². The van der Waals surface area contributed by atoms with Crippen molar-refractivity contribution in [1.29, 1.82) is 0 Å². The molecule has 1 amide bonds. The zero-order chi connectivity index (χ0) is 23.2. The number of amides is 1. The van der Waals surface area contributed by atoms with Gasteiger partial charge in [0.25, 0.3) is 5.56 Å². The van der Waals surface area contributed by atoms with Gasteiger partial charge in [0.2, 0.25) is 5.91 Å². The second-order valence-corrected chi connectivity index (χ2v) is 9.50. The van der Waals surface area contributed by atoms with E-state index in [1.54, 1.807) is 27.8 Å². The molecule has 2 aromatic heterocycles. The summed E-state index contributed by atoms with van der Waals surface area (Å²) in [5.74, 6) is 1.05. The highest BCUT2D eigenvalue weighted by Gasteiger charge is 2.25. The summed E-state index contributed by atoms with van der Waals surface area (Å²) >= 11 is 6.05. The van der Waals surface area contributed by atoms with Crippen LogP contribution in [0.5, 0.6) is 0 Å². The van der Waals surface area contributed by atoms with Gasteiger partial charge in [-0.15, -0.1) is 0 Å². The van der Waals surface area contributed by atoms with Crippen molar-refractivity contribution in [2.24, 2.45) is 11.8 Å². The van der Waals surface area contributed by atoms with Crippen molar-refractivity contribution < 1.29 is 4.79 Å². The molecule has 7 nitrogen and oxygen atoms in total. The normalized spacial score (nSPS) is 18.5. The average Bonchev–Trinajstić information content (AvgIpc) is 3.23. The van der Waals surface area contributed by atoms with E-state index >= 15 is 0 Å². The molecule has 1 aromatic carbocycles. The minimum Gasteiger partial charge on any atom is -0.354 e. The number of nitrogens with one attached hydrogen (secondary N) is 1. The Morgan fingerprint density at radius 1 is 1.24 bits per heavy atom. The number of hydrogen-bond donors (Lipinski definition) is 1. The van der Waals surface area contributed by atoms with Gasteiger partial charge < -0.3 is 5.32 Å². The van der Waals surface area contributed by atoms with Crippen LogP contribution in [0.1, 0.15) is 57.4 Å². The van der Waals surface area contributed by atoms with Crippen LogP contribution in [0.2, 0.25) is 5.02 Å². The van der Waals surface area contributed by atoms with Gasteiger partial charge in [-0.2, -0.15) is 5.10 Å². The molecule has 0 radical (unpaired) electrons. The van der Waals surface area contributed by atoms with Gasteiger partial charge in [-0.3, -0.25) is 14.2 Å². The Bertz CT molecular complexity index is 1150. The van der Waals surface area contributed by atoms with Crippen molar-refractivity contribution in [1.82, 2.24) is 24.6 Å². The van der Waals surface area contributed by atoms with Gasteiger partial charge in [0, 0.05) is 17.5 Å². The van der Waals surface area contributed by atoms with Crippen LogP contribution in [0.4, 0.5) is 0 Å². The molecular weight excluding hydrogens is 438 g/mol. The molecule has 0 bridgehead atoms. The number of unbranched alkanes of at least 4 members (excludes halogenated alkanes) is 1. The summed E-state index contributed by atoms with van der Waals surface area (Å²) in [7, 11) is 0. The molecule has 1 saturated carbocycles. The van der Waals surface area contributed by atoms with Crippen LogP contribution in [-0.2, 0) is 17.9 Å². The lowest BCUT2D eigenvalue weighted by Gasteiger charge is -2.27. The van der Waals surface area contributed by atoms with E-state index in [0.29, 0.717) is 35.7 Å². The summed E-state index contributed by atoms with van der Waals surface area (Å²) < 4.78 is 3.24. The number of rotatable bonds is 9. The highest BCUT2D eigenvalue weighted by Crippen LogP contribution is 2.31. The first-order valence-electron chi connectivity index (χ1n) is 12.0. The summed E-state index contributed by atoms with van der Waals surface area (Å²) in [6.45, 7) is 3.57. The Balaban J connectivity index is 1.32. The number of benzene rings is 1. The highest BCUT2D eigenvalue weighted by molar-refractivity contribution is 6.30. The molecule has 3 aromatic rings. The zero-order valence-electron chi connectivity index (χ0n) is 19.2. The predicted octanol–water partition coefficient (Wildman–Crippen LogP) is 4.41. The molecular formula is C25H32ClN5O2. The molecule has 0 aliphatic heterocycles. The third-order valence-electron chi connectivity index (χ3n) is 6.67. The first-order chi connectivity index (χ1) is 16.0. The van der Waals surface area contributed by atoms with Gasteiger partial charge in [0.15, 0.2) is 5.65 Å². The summed E-state index contributed by atoms with van der Waals surface area (Å²) in [5.41, 5.74) is 1.32. The second-order valence-electron chi connectivity index (χ2n) is 9.06. The summed E-state index contributed by atoms with van der Waals surface area (Å²) in [5, 5.41) is 8.49. The van der Waals surface area contributed by atoms with E-state index in [9.17, 15) is 9.59 Å². The molecule has 0 atom stereocenters. The monoisotopic (exact) mass is 469 g/mol. The Labute approximate surface area is 199 Å². The lowest BCUT2D eigenvalue weighted by molar-refractivity contribution is -0.126. The number of nitrogens with zero attached hydrogens (tertiary/aromatic N) is 4. The Hall–Kier alpha value is -2.67. The van der Waals surface area contributed by atoms with E-state index in [0.717, 1.165) is 37.2 Å². The number of fused-ring (bicyclic) bond motifs is 1. The highest BCUT2D eigenvalue weighted by atomic mass is 35.5. The molecule has 176 valence electrons. The quantitative estimate of drug-likeness (QED) is 0.503. The number of halogens is 1. The smallest absolute Gasteiger partial charge is 0.264 e. The molecule has 8 heteroatoms. The third kappa shape index (κ3) is 5.82. The SMILES string of the molecule is CCCCC1CCC(C(=O)NCCn2ncc3c(=O)n(Cc4cccc(Cl)c4)cnc32)CC1. The minimum absolute atomic E-state index is 0.119. The van der Waals surface area contributed by atoms with Crippen LogP contribution in [0.3, 0.4) is 0 Å². The Morgan fingerprint density at radius 3 is 2.82 bits per heavy atom. The maximum Gasteiger partial charge on any atom is 0.264 e. The summed E-state index contributed by atoms with van der Waals surface area (Å²) in [6.07, 6.45) is 11.2. The van der Waals surface area contributed by atoms with Gasteiger partial charge >= 0.3 is 0 Å². The maximum atomic E-state index is 12.9. The van der Waals surface area contributed by atoms with E-state index in [1.807, 2.05) is 18.2 Å². The van der Waals surface area contributed by atoms with Crippen molar-refractivity contribution in [2.75, 3.05) is 6.54 Å². The molecule has 0 spiro atoms. The molecule has 1 fully saturated rings. The number of hydrogen-bond acceptors (Lipinski definition) is 4. The van der Waals surface area contributed by atoms with Crippen molar-refractivity contribution >= 4 is 28.5 Å². The fourth-order valence-electron chi connectivity index (χ4n) is 4.74. The lowest BCUT2D eigenvalue weighted by atomic mass is 9.79. The third-order valence-corrected chi connectivity index (χ3v) is 6.91. The van der Waals surface area contributed by atoms with Gasteiger partial charge in [-0.25, -0.2) is 9.67 Å². The van der Waals surface area contributed by atoms with Crippen LogP contribution in [-0.4, -0.2) is 31.8 Å². The van der Waals surface area contributed by atoms with Crippen molar-refractivity contribution in [3.8, 4) is 0 Å². The second kappa shape index (κ2) is 11.0. The van der Waals surface area contributed by atoms with E-state index in [4.69, 9.17) is 11.6 Å². The topological polar surface area (TPSA) is 81.8 Å². The van der Waals surface area contributed by atoms with Crippen molar-refractivity contribution in [2.45, 2.75) is 65.0 Å². The molecule has 2 heterocycles. The number of carbonyl (C=O) groups excluding carboxylic acids is 1. The van der Waals surface area contributed by atoms with Crippen LogP contribution in [0.25, 0.3) is 11.0 Å². The Kier molecular flexibility index (Phi) is 7.81.